The summed E-state index contributed by atoms with van der Waals surface area (Å²) in [5.41, 5.74) is 6.53. The van der Waals surface area contributed by atoms with Crippen LogP contribution in [0.3, 0.4) is 0 Å². The van der Waals surface area contributed by atoms with E-state index in [4.69, 9.17) is 9.90 Å². The van der Waals surface area contributed by atoms with Gasteiger partial charge in [0, 0.05) is 34.6 Å². The van der Waals surface area contributed by atoms with E-state index in [0.717, 1.165) is 39.0 Å². The number of aliphatic carboxylic acids is 1. The minimum Gasteiger partial charge on any atom is -0.475 e. The zero-order valence-electron chi connectivity index (χ0n) is 23.8. The van der Waals surface area contributed by atoms with E-state index < -0.39 is 12.1 Å². The van der Waals surface area contributed by atoms with Gasteiger partial charge < -0.3 is 15.4 Å². The number of aromatic amines is 1. The number of nitrogens with one attached hydrogen (secondary N) is 2. The molecule has 1 unspecified atom stereocenters. The van der Waals surface area contributed by atoms with E-state index in [0.29, 0.717) is 11.3 Å². The first-order chi connectivity index (χ1) is 22.1. The van der Waals surface area contributed by atoms with Crippen molar-refractivity contribution in [3.8, 4) is 28.5 Å². The van der Waals surface area contributed by atoms with Gasteiger partial charge in [0.15, 0.2) is 0 Å². The number of benzene rings is 3. The molecule has 3 heterocycles. The summed E-state index contributed by atoms with van der Waals surface area (Å²) in [5.74, 6) is -2.98. The van der Waals surface area contributed by atoms with Gasteiger partial charge in [0.25, 0.3) is 5.91 Å². The summed E-state index contributed by atoms with van der Waals surface area (Å²) < 4.78 is 33.5. The van der Waals surface area contributed by atoms with Crippen LogP contribution >= 0.6 is 0 Å². The summed E-state index contributed by atoms with van der Waals surface area (Å²) in [7, 11) is 0. The summed E-state index contributed by atoms with van der Waals surface area (Å²) >= 11 is 0. The van der Waals surface area contributed by atoms with Gasteiger partial charge in [-0.1, -0.05) is 54.6 Å². The number of nitriles is 1. The zero-order valence-corrected chi connectivity index (χ0v) is 23.8. The van der Waals surface area contributed by atoms with Crippen molar-refractivity contribution in [3.63, 3.8) is 0 Å². The van der Waals surface area contributed by atoms with Crippen molar-refractivity contribution >= 4 is 28.6 Å². The number of carbonyl (C=O) groups is 2. The monoisotopic (exact) mass is 623 g/mol. The largest absolute Gasteiger partial charge is 0.490 e. The second-order valence-electron chi connectivity index (χ2n) is 9.88. The van der Waals surface area contributed by atoms with E-state index in [9.17, 15) is 23.2 Å². The normalized spacial score (nSPS) is 11.6. The lowest BCUT2D eigenvalue weighted by Crippen LogP contribution is -2.21. The fourth-order valence-electron chi connectivity index (χ4n) is 4.65. The molecule has 0 fully saturated rings. The Hall–Kier alpha value is -6.29. The number of carbonyl (C=O) groups excluding carboxylic acids is 1. The van der Waals surface area contributed by atoms with E-state index in [-0.39, 0.29) is 18.4 Å². The number of anilines is 1. The Morgan fingerprint density at radius 2 is 1.67 bits per heavy atom. The molecule has 0 radical (unpaired) electrons. The average molecular weight is 624 g/mol. The number of hydrogen-bond acceptors (Lipinski definition) is 6. The van der Waals surface area contributed by atoms with Crippen molar-refractivity contribution in [2.45, 2.75) is 18.6 Å². The molecule has 46 heavy (non-hydrogen) atoms. The Labute approximate surface area is 259 Å². The summed E-state index contributed by atoms with van der Waals surface area (Å²) in [6, 6.07) is 28.9. The highest BCUT2D eigenvalue weighted by atomic mass is 19.4. The smallest absolute Gasteiger partial charge is 0.475 e. The van der Waals surface area contributed by atoms with Crippen LogP contribution in [0.15, 0.2) is 110 Å². The molecule has 6 aromatic rings. The van der Waals surface area contributed by atoms with Crippen LogP contribution in [-0.2, 0) is 4.79 Å². The molecule has 0 spiro atoms. The molecule has 10 nitrogen and oxygen atoms in total. The number of alkyl halides is 3. The van der Waals surface area contributed by atoms with Gasteiger partial charge in [0.1, 0.15) is 12.0 Å². The third-order valence-corrected chi connectivity index (χ3v) is 6.86. The number of nitrogens with zero attached hydrogens (tertiary/aromatic N) is 5. The molecule has 3 aromatic heterocycles. The minimum absolute atomic E-state index is 0.191. The zero-order chi connectivity index (χ0) is 32.7. The lowest BCUT2D eigenvalue weighted by Gasteiger charge is -2.16. The quantitative estimate of drug-likeness (QED) is 0.176. The summed E-state index contributed by atoms with van der Waals surface area (Å²) in [6.07, 6.45) is 2.04. The Bertz CT molecular complexity index is 2010. The highest BCUT2D eigenvalue weighted by molar-refractivity contribution is 6.04. The molecule has 0 saturated carbocycles. The first kappa shape index (κ1) is 31.1. The molecule has 13 heteroatoms. The van der Waals surface area contributed by atoms with Crippen molar-refractivity contribution in [3.05, 3.63) is 121 Å². The standard InChI is InChI=1S/C31H23N7O.C2HF3O2/c32-15-13-28(38-19-25(18-36-38)29-27-14-16-33-30(27)35-20-34-29)23-7-4-8-24(17-23)31(39)37-26-11-9-22(10-12-26)21-5-2-1-3-6-21;3-2(4,5)1(6)7/h1-12,14,16-20,28H,13H2,(H,37,39)(H,33,34,35);(H,6,7). The van der Waals surface area contributed by atoms with Gasteiger partial charge in [-0.15, -0.1) is 0 Å². The van der Waals surface area contributed by atoms with Gasteiger partial charge in [-0.25, -0.2) is 14.8 Å². The van der Waals surface area contributed by atoms with Crippen LogP contribution in [-0.4, -0.2) is 47.9 Å². The first-order valence-electron chi connectivity index (χ1n) is 13.7. The topological polar surface area (TPSA) is 150 Å². The van der Waals surface area contributed by atoms with E-state index in [1.54, 1.807) is 16.9 Å². The number of carboxylic acid groups (broad SMARTS) is 1. The molecule has 0 aliphatic heterocycles. The van der Waals surface area contributed by atoms with Crippen LogP contribution in [0.5, 0.6) is 0 Å². The number of H-pyrrole nitrogens is 1. The summed E-state index contributed by atoms with van der Waals surface area (Å²) in [4.78, 5) is 33.8. The fraction of sp³-hybridized carbons (Fsp3) is 0.0909. The molecular formula is C33H24F3N7O3. The van der Waals surface area contributed by atoms with E-state index in [1.807, 2.05) is 91.3 Å². The predicted octanol–water partition coefficient (Wildman–Crippen LogP) is 6.88. The van der Waals surface area contributed by atoms with Crippen LogP contribution in [0.4, 0.5) is 18.9 Å². The number of fused-ring (bicyclic) bond motifs is 1. The lowest BCUT2D eigenvalue weighted by atomic mass is 10.0. The average Bonchev–Trinajstić information content (AvgIpc) is 3.75. The van der Waals surface area contributed by atoms with Crippen molar-refractivity contribution in [2.24, 2.45) is 0 Å². The molecular weight excluding hydrogens is 599 g/mol. The van der Waals surface area contributed by atoms with Crippen molar-refractivity contribution in [1.82, 2.24) is 24.7 Å². The second-order valence-corrected chi connectivity index (χ2v) is 9.88. The Kier molecular flexibility index (Phi) is 9.18. The summed E-state index contributed by atoms with van der Waals surface area (Å²) in [5, 5.41) is 25.1. The van der Waals surface area contributed by atoms with Gasteiger partial charge in [0.2, 0.25) is 0 Å². The van der Waals surface area contributed by atoms with Crippen LogP contribution in [0.1, 0.15) is 28.4 Å². The lowest BCUT2D eigenvalue weighted by molar-refractivity contribution is -0.192. The van der Waals surface area contributed by atoms with Gasteiger partial charge in [-0.2, -0.15) is 23.5 Å². The minimum atomic E-state index is -5.08. The highest BCUT2D eigenvalue weighted by Gasteiger charge is 2.38. The molecule has 3 aromatic carbocycles. The van der Waals surface area contributed by atoms with Gasteiger partial charge in [-0.05, 0) is 47.0 Å². The van der Waals surface area contributed by atoms with Crippen LogP contribution in [0.2, 0.25) is 0 Å². The number of aromatic nitrogens is 5. The number of amides is 1. The Morgan fingerprint density at radius 3 is 2.37 bits per heavy atom. The molecule has 1 amide bonds. The molecule has 0 bridgehead atoms. The maximum Gasteiger partial charge on any atom is 0.490 e. The van der Waals surface area contributed by atoms with Crippen LogP contribution in [0, 0.1) is 11.3 Å². The first-order valence-corrected chi connectivity index (χ1v) is 13.7. The molecule has 0 saturated heterocycles. The Morgan fingerprint density at radius 1 is 0.957 bits per heavy atom. The predicted molar refractivity (Wildman–Crippen MR) is 163 cm³/mol. The van der Waals surface area contributed by atoms with E-state index >= 15 is 0 Å². The molecule has 0 aliphatic carbocycles. The third-order valence-electron chi connectivity index (χ3n) is 6.86. The van der Waals surface area contributed by atoms with E-state index in [1.165, 1.54) is 6.33 Å². The molecule has 6 rings (SSSR count). The van der Waals surface area contributed by atoms with E-state index in [2.05, 4.69) is 31.4 Å². The van der Waals surface area contributed by atoms with Crippen molar-refractivity contribution in [1.29, 1.82) is 5.26 Å². The van der Waals surface area contributed by atoms with Gasteiger partial charge >= 0.3 is 12.1 Å². The van der Waals surface area contributed by atoms with Gasteiger partial charge in [-0.3, -0.25) is 9.48 Å². The third kappa shape index (κ3) is 7.25. The SMILES string of the molecule is N#CCC(c1cccc(C(=O)Nc2ccc(-c3ccccc3)cc2)c1)n1cc(-c2ncnc3[nH]ccc23)cn1.O=C(O)C(F)(F)F. The summed E-state index contributed by atoms with van der Waals surface area (Å²) in [6.45, 7) is 0. The Balaban J connectivity index is 0.000000537. The van der Waals surface area contributed by atoms with Crippen molar-refractivity contribution in [2.75, 3.05) is 5.32 Å². The van der Waals surface area contributed by atoms with Crippen LogP contribution in [0.25, 0.3) is 33.4 Å². The molecule has 1 atom stereocenters. The molecule has 0 aliphatic rings. The number of hydrogen-bond donors (Lipinski definition) is 3. The fourth-order valence-corrected chi connectivity index (χ4v) is 4.65. The number of carboxylic acids is 1. The maximum absolute atomic E-state index is 13.1. The number of rotatable bonds is 7. The van der Waals surface area contributed by atoms with Gasteiger partial charge in [0.05, 0.1) is 30.4 Å². The number of halogens is 3. The molecule has 230 valence electrons. The maximum atomic E-state index is 13.1. The van der Waals surface area contributed by atoms with Crippen molar-refractivity contribution < 1.29 is 27.9 Å². The second kappa shape index (κ2) is 13.6. The highest BCUT2D eigenvalue weighted by Crippen LogP contribution is 2.28. The van der Waals surface area contributed by atoms with Crippen LogP contribution < -0.4 is 5.32 Å². The molecule has 3 N–H and O–H groups in total.